The Morgan fingerprint density at radius 1 is 1.54 bits per heavy atom. The quantitative estimate of drug-likeness (QED) is 0.662. The molecule has 3 nitrogen and oxygen atoms in total. The maximum absolute atomic E-state index is 11.4. The highest BCUT2D eigenvalue weighted by Gasteiger charge is 2.32. The van der Waals surface area contributed by atoms with Crippen LogP contribution in [0.5, 0.6) is 0 Å². The molecule has 0 saturated heterocycles. The second kappa shape index (κ2) is 4.61. The van der Waals surface area contributed by atoms with Crippen molar-refractivity contribution in [2.24, 2.45) is 11.8 Å². The van der Waals surface area contributed by atoms with Gasteiger partial charge in [-0.15, -0.1) is 0 Å². The number of ether oxygens (including phenoxy) is 1. The predicted octanol–water partition coefficient (Wildman–Crippen LogP) is 1.35. The molecule has 0 aromatic carbocycles. The van der Waals surface area contributed by atoms with Crippen molar-refractivity contribution < 1.29 is 14.6 Å². The fourth-order valence-electron chi connectivity index (χ4n) is 1.97. The maximum atomic E-state index is 11.4. The molecule has 0 unspecified atom stereocenters. The molecule has 0 bridgehead atoms. The fraction of sp³-hybridized carbons (Fsp3) is 0.900. The van der Waals surface area contributed by atoms with E-state index in [1.54, 1.807) is 0 Å². The molecule has 1 aliphatic rings. The molecule has 3 heteroatoms. The van der Waals surface area contributed by atoms with Crippen molar-refractivity contribution in [2.45, 2.75) is 39.2 Å². The van der Waals surface area contributed by atoms with Crippen LogP contribution >= 0.6 is 0 Å². The van der Waals surface area contributed by atoms with Crippen LogP contribution in [0, 0.1) is 11.8 Å². The molecule has 1 N–H and O–H groups in total. The molecule has 0 aromatic heterocycles. The van der Waals surface area contributed by atoms with Gasteiger partial charge in [0.05, 0.1) is 18.6 Å². The lowest BCUT2D eigenvalue weighted by atomic mass is 9.79. The van der Waals surface area contributed by atoms with E-state index in [1.165, 1.54) is 0 Å². The molecule has 0 spiro atoms. The number of carbonyl (C=O) groups excluding carboxylic acids is 1. The van der Waals surface area contributed by atoms with Gasteiger partial charge in [-0.2, -0.15) is 0 Å². The number of aliphatic hydroxyl groups excluding tert-OH is 1. The molecular weight excluding hydrogens is 168 g/mol. The molecule has 13 heavy (non-hydrogen) atoms. The van der Waals surface area contributed by atoms with E-state index in [1.807, 2.05) is 13.8 Å². The molecule has 0 aromatic rings. The summed E-state index contributed by atoms with van der Waals surface area (Å²) >= 11 is 0. The van der Waals surface area contributed by atoms with E-state index in [0.29, 0.717) is 6.61 Å². The highest BCUT2D eigenvalue weighted by atomic mass is 16.5. The topological polar surface area (TPSA) is 46.5 Å². The number of aliphatic hydroxyl groups is 1. The minimum absolute atomic E-state index is 0.00310. The van der Waals surface area contributed by atoms with Crippen LogP contribution in [0.2, 0.25) is 0 Å². The van der Waals surface area contributed by atoms with Crippen LogP contribution in [0.1, 0.15) is 33.1 Å². The van der Waals surface area contributed by atoms with E-state index >= 15 is 0 Å². The molecule has 1 aliphatic carbocycles. The average Bonchev–Trinajstić information content (AvgIpc) is 2.04. The monoisotopic (exact) mass is 186 g/mol. The average molecular weight is 186 g/mol. The molecule has 0 aliphatic heterocycles. The zero-order valence-corrected chi connectivity index (χ0v) is 8.32. The lowest BCUT2D eigenvalue weighted by Gasteiger charge is -2.29. The normalized spacial score (nSPS) is 34.2. The molecular formula is C10H18O3. The van der Waals surface area contributed by atoms with E-state index in [4.69, 9.17) is 4.74 Å². The number of hydrogen-bond donors (Lipinski definition) is 1. The van der Waals surface area contributed by atoms with E-state index in [2.05, 4.69) is 0 Å². The summed E-state index contributed by atoms with van der Waals surface area (Å²) in [6, 6.07) is 0. The van der Waals surface area contributed by atoms with Gasteiger partial charge in [-0.1, -0.05) is 6.92 Å². The zero-order valence-electron chi connectivity index (χ0n) is 8.32. The van der Waals surface area contributed by atoms with Crippen LogP contribution in [0.4, 0.5) is 0 Å². The Kier molecular flexibility index (Phi) is 3.72. The number of rotatable bonds is 2. The van der Waals surface area contributed by atoms with Gasteiger partial charge in [0.2, 0.25) is 0 Å². The Morgan fingerprint density at radius 3 is 2.77 bits per heavy atom. The van der Waals surface area contributed by atoms with Gasteiger partial charge >= 0.3 is 5.97 Å². The van der Waals surface area contributed by atoms with Gasteiger partial charge < -0.3 is 9.84 Å². The SMILES string of the molecule is CCOC(=O)[C@@H]1CC[C@@H](O)C[C@H]1C. The Labute approximate surface area is 79.1 Å². The Balaban J connectivity index is 2.45. The minimum atomic E-state index is -0.222. The van der Waals surface area contributed by atoms with Crippen LogP contribution in [-0.2, 0) is 9.53 Å². The summed E-state index contributed by atoms with van der Waals surface area (Å²) in [5.41, 5.74) is 0. The van der Waals surface area contributed by atoms with Gasteiger partial charge in [0.15, 0.2) is 0 Å². The lowest BCUT2D eigenvalue weighted by Crippen LogP contribution is -2.32. The van der Waals surface area contributed by atoms with Crippen LogP contribution in [0.15, 0.2) is 0 Å². The minimum Gasteiger partial charge on any atom is -0.466 e. The van der Waals surface area contributed by atoms with Crippen molar-refractivity contribution in [2.75, 3.05) is 6.61 Å². The van der Waals surface area contributed by atoms with Gasteiger partial charge in [-0.25, -0.2) is 0 Å². The van der Waals surface area contributed by atoms with Gasteiger partial charge in [-0.05, 0) is 32.1 Å². The first-order chi connectivity index (χ1) is 6.15. The summed E-state index contributed by atoms with van der Waals surface area (Å²) in [7, 11) is 0. The third kappa shape index (κ3) is 2.69. The molecule has 0 amide bonds. The third-order valence-electron chi connectivity index (χ3n) is 2.73. The largest absolute Gasteiger partial charge is 0.466 e. The van der Waals surface area contributed by atoms with Crippen molar-refractivity contribution in [3.63, 3.8) is 0 Å². The highest BCUT2D eigenvalue weighted by molar-refractivity contribution is 5.72. The van der Waals surface area contributed by atoms with Gasteiger partial charge in [0, 0.05) is 0 Å². The van der Waals surface area contributed by atoms with E-state index in [-0.39, 0.29) is 23.9 Å². The fourth-order valence-corrected chi connectivity index (χ4v) is 1.97. The molecule has 0 radical (unpaired) electrons. The Bertz CT molecular complexity index is 179. The van der Waals surface area contributed by atoms with Crippen LogP contribution in [-0.4, -0.2) is 23.8 Å². The van der Waals surface area contributed by atoms with Crippen molar-refractivity contribution in [1.29, 1.82) is 0 Å². The number of esters is 1. The first kappa shape index (κ1) is 10.5. The van der Waals surface area contributed by atoms with E-state index < -0.39 is 0 Å². The van der Waals surface area contributed by atoms with E-state index in [9.17, 15) is 9.90 Å². The lowest BCUT2D eigenvalue weighted by molar-refractivity contribution is -0.152. The smallest absolute Gasteiger partial charge is 0.309 e. The summed E-state index contributed by atoms with van der Waals surface area (Å²) in [6.07, 6.45) is 2.00. The molecule has 0 heterocycles. The van der Waals surface area contributed by atoms with Crippen LogP contribution in [0.25, 0.3) is 0 Å². The Morgan fingerprint density at radius 2 is 2.23 bits per heavy atom. The first-order valence-electron chi connectivity index (χ1n) is 4.99. The summed E-state index contributed by atoms with van der Waals surface area (Å²) < 4.78 is 4.97. The van der Waals surface area contributed by atoms with Crippen molar-refractivity contribution in [3.05, 3.63) is 0 Å². The first-order valence-corrected chi connectivity index (χ1v) is 4.99. The second-order valence-corrected chi connectivity index (χ2v) is 3.80. The standard InChI is InChI=1S/C10H18O3/c1-3-13-10(12)9-5-4-8(11)6-7(9)2/h7-9,11H,3-6H2,1-2H3/t7-,8-,9-/m1/s1. The van der Waals surface area contributed by atoms with Crippen molar-refractivity contribution >= 4 is 5.97 Å². The third-order valence-corrected chi connectivity index (χ3v) is 2.73. The molecule has 1 rings (SSSR count). The van der Waals surface area contributed by atoms with Gasteiger partial charge in [0.1, 0.15) is 0 Å². The summed E-state index contributed by atoms with van der Waals surface area (Å²) in [5, 5.41) is 9.36. The predicted molar refractivity (Wildman–Crippen MR) is 49.1 cm³/mol. The van der Waals surface area contributed by atoms with Gasteiger partial charge in [-0.3, -0.25) is 4.79 Å². The molecule has 1 saturated carbocycles. The van der Waals surface area contributed by atoms with Crippen LogP contribution in [0.3, 0.4) is 0 Å². The zero-order chi connectivity index (χ0) is 9.84. The molecule has 1 fully saturated rings. The van der Waals surface area contributed by atoms with Crippen molar-refractivity contribution in [3.8, 4) is 0 Å². The highest BCUT2D eigenvalue weighted by Crippen LogP contribution is 2.30. The number of carbonyl (C=O) groups is 1. The summed E-state index contributed by atoms with van der Waals surface area (Å²) in [6.45, 7) is 4.27. The molecule has 3 atom stereocenters. The number of hydrogen-bond acceptors (Lipinski definition) is 3. The summed E-state index contributed by atoms with van der Waals surface area (Å²) in [4.78, 5) is 11.4. The maximum Gasteiger partial charge on any atom is 0.309 e. The van der Waals surface area contributed by atoms with E-state index in [0.717, 1.165) is 19.3 Å². The summed E-state index contributed by atoms with van der Waals surface area (Å²) in [5.74, 6) is 0.160. The molecule has 76 valence electrons. The second-order valence-electron chi connectivity index (χ2n) is 3.80. The van der Waals surface area contributed by atoms with Crippen molar-refractivity contribution in [1.82, 2.24) is 0 Å². The Hall–Kier alpha value is -0.570. The van der Waals surface area contributed by atoms with Crippen LogP contribution < -0.4 is 0 Å². The van der Waals surface area contributed by atoms with Gasteiger partial charge in [0.25, 0.3) is 0 Å².